The molecule has 2 fully saturated rings. The summed E-state index contributed by atoms with van der Waals surface area (Å²) in [6, 6.07) is 11.1. The SMILES string of the molecule is Cc1ccc2c(-c3ccc(Cl)cc3F)nc(N3CCO[C@@H](c4cnn(C5CC5)c4)C3)cc2n1. The average Bonchev–Trinajstić information content (AvgIpc) is 3.54. The summed E-state index contributed by atoms with van der Waals surface area (Å²) in [5.41, 5.74) is 3.73. The number of fused-ring (bicyclic) bond motifs is 1. The van der Waals surface area contributed by atoms with Crippen LogP contribution >= 0.6 is 11.6 Å². The van der Waals surface area contributed by atoms with Crippen molar-refractivity contribution in [1.29, 1.82) is 0 Å². The Morgan fingerprint density at radius 2 is 2.00 bits per heavy atom. The summed E-state index contributed by atoms with van der Waals surface area (Å²) in [4.78, 5) is 11.8. The molecule has 1 saturated heterocycles. The van der Waals surface area contributed by atoms with Crippen LogP contribution in [-0.4, -0.2) is 39.4 Å². The summed E-state index contributed by atoms with van der Waals surface area (Å²) in [5.74, 6) is 0.356. The third-order valence-electron chi connectivity index (χ3n) is 6.30. The number of anilines is 1. The van der Waals surface area contributed by atoms with Gasteiger partial charge in [-0.3, -0.25) is 9.67 Å². The number of benzene rings is 1. The Morgan fingerprint density at radius 3 is 2.82 bits per heavy atom. The Labute approximate surface area is 196 Å². The van der Waals surface area contributed by atoms with Gasteiger partial charge in [-0.05, 0) is 50.1 Å². The van der Waals surface area contributed by atoms with Crippen molar-refractivity contribution in [1.82, 2.24) is 19.7 Å². The van der Waals surface area contributed by atoms with Gasteiger partial charge in [0.1, 0.15) is 17.7 Å². The first-order valence-electron chi connectivity index (χ1n) is 11.2. The van der Waals surface area contributed by atoms with Crippen molar-refractivity contribution < 1.29 is 9.13 Å². The molecule has 6 nitrogen and oxygen atoms in total. The Balaban J connectivity index is 1.39. The van der Waals surface area contributed by atoms with Gasteiger partial charge in [-0.2, -0.15) is 5.10 Å². The smallest absolute Gasteiger partial charge is 0.134 e. The maximum absolute atomic E-state index is 14.9. The molecule has 0 radical (unpaired) electrons. The standard InChI is InChI=1S/C25H23ClFN5O/c1-15-2-6-20-22(29-15)11-24(30-25(20)19-7-3-17(26)10-21(19)27)31-8-9-33-23(14-31)16-12-28-32(13-16)18-4-5-18/h2-3,6-7,10-13,18,23H,4-5,8-9,14H2,1H3/t23-/m1/s1. The maximum atomic E-state index is 14.9. The van der Waals surface area contributed by atoms with E-state index in [2.05, 4.69) is 16.2 Å². The molecular weight excluding hydrogens is 441 g/mol. The van der Waals surface area contributed by atoms with Gasteiger partial charge in [0, 0.05) is 52.6 Å². The van der Waals surface area contributed by atoms with Crippen LogP contribution in [0.3, 0.4) is 0 Å². The minimum absolute atomic E-state index is 0.0927. The molecule has 3 aromatic heterocycles. The van der Waals surface area contributed by atoms with Gasteiger partial charge in [0.2, 0.25) is 0 Å². The van der Waals surface area contributed by atoms with E-state index in [-0.39, 0.29) is 6.10 Å². The van der Waals surface area contributed by atoms with Gasteiger partial charge in [-0.25, -0.2) is 9.37 Å². The molecular formula is C25H23ClFN5O. The largest absolute Gasteiger partial charge is 0.370 e. The van der Waals surface area contributed by atoms with Crippen LogP contribution in [0.15, 0.2) is 48.8 Å². The number of pyridine rings is 2. The molecule has 0 amide bonds. The van der Waals surface area contributed by atoms with Crippen LogP contribution in [0, 0.1) is 12.7 Å². The number of halogens is 2. The second kappa shape index (κ2) is 8.08. The van der Waals surface area contributed by atoms with Crippen LogP contribution in [-0.2, 0) is 4.74 Å². The second-order valence-corrected chi connectivity index (χ2v) is 9.20. The topological polar surface area (TPSA) is 56.1 Å². The molecule has 0 bridgehead atoms. The van der Waals surface area contributed by atoms with Gasteiger partial charge in [-0.15, -0.1) is 0 Å². The van der Waals surface area contributed by atoms with E-state index in [1.54, 1.807) is 12.1 Å². The molecule has 168 valence electrons. The van der Waals surface area contributed by atoms with Gasteiger partial charge >= 0.3 is 0 Å². The van der Waals surface area contributed by atoms with E-state index in [0.29, 0.717) is 42.0 Å². The van der Waals surface area contributed by atoms with Crippen molar-refractivity contribution in [2.24, 2.45) is 0 Å². The van der Waals surface area contributed by atoms with Crippen molar-refractivity contribution in [2.45, 2.75) is 31.9 Å². The lowest BCUT2D eigenvalue weighted by Gasteiger charge is -2.33. The van der Waals surface area contributed by atoms with Gasteiger partial charge in [0.25, 0.3) is 0 Å². The molecule has 1 saturated carbocycles. The van der Waals surface area contributed by atoms with E-state index in [1.165, 1.54) is 18.9 Å². The van der Waals surface area contributed by atoms with Crippen molar-refractivity contribution in [2.75, 3.05) is 24.6 Å². The molecule has 8 heteroatoms. The first-order chi connectivity index (χ1) is 16.0. The van der Waals surface area contributed by atoms with Crippen molar-refractivity contribution in [3.05, 3.63) is 70.9 Å². The van der Waals surface area contributed by atoms with Gasteiger partial charge in [0.15, 0.2) is 0 Å². The number of ether oxygens (including phenoxy) is 1. The first kappa shape index (κ1) is 20.6. The summed E-state index contributed by atoms with van der Waals surface area (Å²) < 4.78 is 23.0. The number of hydrogen-bond acceptors (Lipinski definition) is 5. The Hall–Kier alpha value is -3.03. The molecule has 0 spiro atoms. The summed E-state index contributed by atoms with van der Waals surface area (Å²) in [7, 11) is 0. The van der Waals surface area contributed by atoms with Gasteiger partial charge in [0.05, 0.1) is 30.1 Å². The monoisotopic (exact) mass is 463 g/mol. The zero-order valence-corrected chi connectivity index (χ0v) is 19.0. The molecule has 1 aliphatic heterocycles. The molecule has 0 N–H and O–H groups in total. The van der Waals surface area contributed by atoms with E-state index in [4.69, 9.17) is 26.3 Å². The molecule has 4 heterocycles. The van der Waals surface area contributed by atoms with Crippen molar-refractivity contribution in [3.63, 3.8) is 0 Å². The van der Waals surface area contributed by atoms with Crippen LogP contribution in [0.25, 0.3) is 22.2 Å². The second-order valence-electron chi connectivity index (χ2n) is 8.76. The maximum Gasteiger partial charge on any atom is 0.134 e. The quantitative estimate of drug-likeness (QED) is 0.399. The first-order valence-corrected chi connectivity index (χ1v) is 11.6. The van der Waals surface area contributed by atoms with Gasteiger partial charge in [-0.1, -0.05) is 11.6 Å². The van der Waals surface area contributed by atoms with E-state index in [9.17, 15) is 4.39 Å². The minimum atomic E-state index is -0.402. The number of aromatic nitrogens is 4. The highest BCUT2D eigenvalue weighted by Gasteiger charge is 2.28. The predicted molar refractivity (Wildman–Crippen MR) is 126 cm³/mol. The number of hydrogen-bond donors (Lipinski definition) is 0. The van der Waals surface area contributed by atoms with Crippen LogP contribution in [0.1, 0.15) is 36.2 Å². The minimum Gasteiger partial charge on any atom is -0.370 e. The number of morpholine rings is 1. The number of rotatable bonds is 4. The molecule has 33 heavy (non-hydrogen) atoms. The molecule has 4 aromatic rings. The van der Waals surface area contributed by atoms with E-state index in [0.717, 1.165) is 28.0 Å². The zero-order chi connectivity index (χ0) is 22.5. The molecule has 1 atom stereocenters. The fourth-order valence-corrected chi connectivity index (χ4v) is 4.54. The van der Waals surface area contributed by atoms with Gasteiger partial charge < -0.3 is 9.64 Å². The van der Waals surface area contributed by atoms with E-state index in [1.807, 2.05) is 36.0 Å². The molecule has 0 unspecified atom stereocenters. The fourth-order valence-electron chi connectivity index (χ4n) is 4.38. The summed E-state index contributed by atoms with van der Waals surface area (Å²) in [6.07, 6.45) is 6.29. The number of nitrogens with zero attached hydrogens (tertiary/aromatic N) is 5. The Bertz CT molecular complexity index is 1350. The summed E-state index contributed by atoms with van der Waals surface area (Å²) in [5, 5.41) is 5.67. The third-order valence-corrected chi connectivity index (χ3v) is 6.54. The third kappa shape index (κ3) is 3.96. The molecule has 2 aliphatic rings. The number of aryl methyl sites for hydroxylation is 1. The van der Waals surface area contributed by atoms with Crippen LogP contribution in [0.5, 0.6) is 0 Å². The highest BCUT2D eigenvalue weighted by molar-refractivity contribution is 6.30. The van der Waals surface area contributed by atoms with E-state index < -0.39 is 5.82 Å². The summed E-state index contributed by atoms with van der Waals surface area (Å²) in [6.45, 7) is 3.86. The zero-order valence-electron chi connectivity index (χ0n) is 18.2. The highest BCUT2D eigenvalue weighted by atomic mass is 35.5. The fraction of sp³-hybridized carbons (Fsp3) is 0.320. The molecule has 1 aromatic carbocycles. The van der Waals surface area contributed by atoms with E-state index >= 15 is 0 Å². The lowest BCUT2D eigenvalue weighted by Crippen LogP contribution is -2.38. The van der Waals surface area contributed by atoms with Crippen LogP contribution in [0.4, 0.5) is 10.2 Å². The lowest BCUT2D eigenvalue weighted by molar-refractivity contribution is 0.0395. The molecule has 1 aliphatic carbocycles. The highest BCUT2D eigenvalue weighted by Crippen LogP contribution is 2.36. The Morgan fingerprint density at radius 1 is 1.12 bits per heavy atom. The van der Waals surface area contributed by atoms with Crippen LogP contribution in [0.2, 0.25) is 5.02 Å². The predicted octanol–water partition coefficient (Wildman–Crippen LogP) is 5.51. The lowest BCUT2D eigenvalue weighted by atomic mass is 10.0. The average molecular weight is 464 g/mol. The Kier molecular flexibility index (Phi) is 5.03. The van der Waals surface area contributed by atoms with Crippen molar-refractivity contribution in [3.8, 4) is 11.3 Å². The summed E-state index contributed by atoms with van der Waals surface area (Å²) >= 11 is 5.99. The normalized spacial score (nSPS) is 18.8. The molecule has 6 rings (SSSR count). The van der Waals surface area contributed by atoms with Crippen LogP contribution < -0.4 is 4.90 Å². The van der Waals surface area contributed by atoms with Crippen molar-refractivity contribution >= 4 is 28.3 Å².